The monoisotopic (exact) mass is 291 g/mol. The summed E-state index contributed by atoms with van der Waals surface area (Å²) in [7, 11) is 1.54. The second-order valence-electron chi connectivity index (χ2n) is 5.64. The maximum absolute atomic E-state index is 12.6. The first-order valence-electron chi connectivity index (χ1n) is 7.69. The van der Waals surface area contributed by atoms with Gasteiger partial charge in [0.25, 0.3) is 5.91 Å². The molecule has 2 heterocycles. The Morgan fingerprint density at radius 1 is 1.57 bits per heavy atom. The Kier molecular flexibility index (Phi) is 5.56. The van der Waals surface area contributed by atoms with Crippen LogP contribution in [0.25, 0.3) is 0 Å². The van der Waals surface area contributed by atoms with Crippen LogP contribution in [0.2, 0.25) is 0 Å². The van der Waals surface area contributed by atoms with Gasteiger partial charge in [0, 0.05) is 25.3 Å². The van der Waals surface area contributed by atoms with Crippen LogP contribution in [0.15, 0.2) is 18.3 Å². The van der Waals surface area contributed by atoms with Crippen molar-refractivity contribution in [2.75, 3.05) is 26.7 Å². The lowest BCUT2D eigenvalue weighted by molar-refractivity contribution is 0.0641. The SMILES string of the molecule is CCCNC1CCN(C(=O)c2cccnc2OC)CC1C. The van der Waals surface area contributed by atoms with Crippen molar-refractivity contribution in [3.8, 4) is 5.88 Å². The van der Waals surface area contributed by atoms with E-state index in [0.717, 1.165) is 32.5 Å². The molecule has 21 heavy (non-hydrogen) atoms. The number of amides is 1. The van der Waals surface area contributed by atoms with E-state index in [4.69, 9.17) is 4.74 Å². The minimum absolute atomic E-state index is 0.0146. The highest BCUT2D eigenvalue weighted by atomic mass is 16.5. The van der Waals surface area contributed by atoms with Gasteiger partial charge < -0.3 is 15.0 Å². The Balaban J connectivity index is 2.02. The number of piperidine rings is 1. The molecule has 1 aliphatic rings. The van der Waals surface area contributed by atoms with Gasteiger partial charge in [-0.3, -0.25) is 4.79 Å². The van der Waals surface area contributed by atoms with Gasteiger partial charge in [0.15, 0.2) is 0 Å². The van der Waals surface area contributed by atoms with Gasteiger partial charge >= 0.3 is 0 Å². The van der Waals surface area contributed by atoms with E-state index >= 15 is 0 Å². The molecule has 116 valence electrons. The summed E-state index contributed by atoms with van der Waals surface area (Å²) >= 11 is 0. The van der Waals surface area contributed by atoms with E-state index in [2.05, 4.69) is 24.1 Å². The molecular formula is C16H25N3O2. The topological polar surface area (TPSA) is 54.5 Å². The minimum Gasteiger partial charge on any atom is -0.480 e. The molecule has 0 aliphatic carbocycles. The fourth-order valence-electron chi connectivity index (χ4n) is 2.85. The standard InChI is InChI=1S/C16H25N3O2/c1-4-8-17-14-7-10-19(11-12(14)2)16(20)13-6-5-9-18-15(13)21-3/h5-6,9,12,14,17H,4,7-8,10-11H2,1-3H3. The second kappa shape index (κ2) is 7.41. The van der Waals surface area contributed by atoms with Crippen molar-refractivity contribution in [2.24, 2.45) is 5.92 Å². The zero-order chi connectivity index (χ0) is 15.2. The predicted octanol–water partition coefficient (Wildman–Crippen LogP) is 1.94. The third-order valence-corrected chi connectivity index (χ3v) is 4.04. The van der Waals surface area contributed by atoms with Gasteiger partial charge in [-0.1, -0.05) is 13.8 Å². The molecule has 2 atom stereocenters. The van der Waals surface area contributed by atoms with Crippen molar-refractivity contribution in [2.45, 2.75) is 32.7 Å². The predicted molar refractivity (Wildman–Crippen MR) is 82.6 cm³/mol. The maximum Gasteiger partial charge on any atom is 0.259 e. The Morgan fingerprint density at radius 2 is 2.38 bits per heavy atom. The van der Waals surface area contributed by atoms with Crippen LogP contribution in [-0.4, -0.2) is 48.6 Å². The van der Waals surface area contributed by atoms with Crippen LogP contribution in [-0.2, 0) is 0 Å². The van der Waals surface area contributed by atoms with Crippen molar-refractivity contribution >= 4 is 5.91 Å². The summed E-state index contributed by atoms with van der Waals surface area (Å²) in [6.45, 7) is 6.97. The number of likely N-dealkylation sites (tertiary alicyclic amines) is 1. The number of methoxy groups -OCH3 is 1. The number of carbonyl (C=O) groups excluding carboxylic acids is 1. The van der Waals surface area contributed by atoms with Gasteiger partial charge in [-0.25, -0.2) is 4.98 Å². The Bertz CT molecular complexity index is 478. The first-order valence-corrected chi connectivity index (χ1v) is 7.69. The second-order valence-corrected chi connectivity index (χ2v) is 5.64. The molecular weight excluding hydrogens is 266 g/mol. The first-order chi connectivity index (χ1) is 10.2. The van der Waals surface area contributed by atoms with E-state index in [1.165, 1.54) is 0 Å². The highest BCUT2D eigenvalue weighted by molar-refractivity contribution is 5.96. The molecule has 2 unspecified atom stereocenters. The lowest BCUT2D eigenvalue weighted by atomic mass is 9.93. The minimum atomic E-state index is 0.0146. The van der Waals surface area contributed by atoms with E-state index < -0.39 is 0 Å². The highest BCUT2D eigenvalue weighted by Gasteiger charge is 2.29. The van der Waals surface area contributed by atoms with Crippen LogP contribution < -0.4 is 10.1 Å². The zero-order valence-electron chi connectivity index (χ0n) is 13.1. The molecule has 0 aromatic carbocycles. The van der Waals surface area contributed by atoms with Crippen molar-refractivity contribution < 1.29 is 9.53 Å². The fourth-order valence-corrected chi connectivity index (χ4v) is 2.85. The van der Waals surface area contributed by atoms with Crippen LogP contribution in [0, 0.1) is 5.92 Å². The normalized spacial score (nSPS) is 22.1. The van der Waals surface area contributed by atoms with Crippen molar-refractivity contribution in [3.63, 3.8) is 0 Å². The molecule has 2 rings (SSSR count). The van der Waals surface area contributed by atoms with Crippen LogP contribution in [0.4, 0.5) is 0 Å². The molecule has 1 aliphatic heterocycles. The third-order valence-electron chi connectivity index (χ3n) is 4.04. The van der Waals surface area contributed by atoms with E-state index in [9.17, 15) is 4.79 Å². The third kappa shape index (κ3) is 3.73. The number of carbonyl (C=O) groups is 1. The van der Waals surface area contributed by atoms with Gasteiger partial charge in [0.1, 0.15) is 5.56 Å². The first kappa shape index (κ1) is 15.8. The van der Waals surface area contributed by atoms with Crippen LogP contribution in [0.1, 0.15) is 37.0 Å². The summed E-state index contributed by atoms with van der Waals surface area (Å²) in [5.74, 6) is 0.874. The highest BCUT2D eigenvalue weighted by Crippen LogP contribution is 2.22. The fraction of sp³-hybridized carbons (Fsp3) is 0.625. The Labute approximate surface area is 126 Å². The molecule has 0 bridgehead atoms. The maximum atomic E-state index is 12.6. The molecule has 5 nitrogen and oxygen atoms in total. The van der Waals surface area contributed by atoms with E-state index in [0.29, 0.717) is 23.4 Å². The summed E-state index contributed by atoms with van der Waals surface area (Å²) in [5, 5.41) is 3.57. The zero-order valence-corrected chi connectivity index (χ0v) is 13.1. The van der Waals surface area contributed by atoms with Gasteiger partial charge in [-0.05, 0) is 37.4 Å². The van der Waals surface area contributed by atoms with Crippen molar-refractivity contribution in [1.29, 1.82) is 0 Å². The lowest BCUT2D eigenvalue weighted by Crippen LogP contribution is -2.50. The molecule has 0 radical (unpaired) electrons. The largest absolute Gasteiger partial charge is 0.480 e. The number of nitrogens with one attached hydrogen (secondary N) is 1. The van der Waals surface area contributed by atoms with Crippen molar-refractivity contribution in [3.05, 3.63) is 23.9 Å². The molecule has 0 saturated carbocycles. The van der Waals surface area contributed by atoms with Crippen LogP contribution in [0.5, 0.6) is 5.88 Å². The van der Waals surface area contributed by atoms with Gasteiger partial charge in [-0.2, -0.15) is 0 Å². The number of aromatic nitrogens is 1. The van der Waals surface area contributed by atoms with Crippen LogP contribution >= 0.6 is 0 Å². The molecule has 1 amide bonds. The lowest BCUT2D eigenvalue weighted by Gasteiger charge is -2.37. The summed E-state index contributed by atoms with van der Waals surface area (Å²) in [6.07, 6.45) is 3.77. The smallest absolute Gasteiger partial charge is 0.259 e. The number of pyridine rings is 1. The van der Waals surface area contributed by atoms with E-state index in [1.807, 2.05) is 4.90 Å². The molecule has 0 spiro atoms. The summed E-state index contributed by atoms with van der Waals surface area (Å²) in [6, 6.07) is 4.06. The average Bonchev–Trinajstić information content (AvgIpc) is 2.53. The number of ether oxygens (including phenoxy) is 1. The van der Waals surface area contributed by atoms with Crippen LogP contribution in [0.3, 0.4) is 0 Å². The van der Waals surface area contributed by atoms with Gasteiger partial charge in [-0.15, -0.1) is 0 Å². The number of hydrogen-bond donors (Lipinski definition) is 1. The van der Waals surface area contributed by atoms with E-state index in [1.54, 1.807) is 25.4 Å². The average molecular weight is 291 g/mol. The van der Waals surface area contributed by atoms with Gasteiger partial charge in [0.05, 0.1) is 7.11 Å². The molecule has 1 aromatic heterocycles. The van der Waals surface area contributed by atoms with E-state index in [-0.39, 0.29) is 5.91 Å². The number of rotatable bonds is 5. The molecule has 1 N–H and O–H groups in total. The number of nitrogens with zero attached hydrogens (tertiary/aromatic N) is 2. The molecule has 1 aromatic rings. The molecule has 1 saturated heterocycles. The quantitative estimate of drug-likeness (QED) is 0.901. The molecule has 1 fully saturated rings. The van der Waals surface area contributed by atoms with Crippen molar-refractivity contribution in [1.82, 2.24) is 15.2 Å². The Hall–Kier alpha value is -1.62. The molecule has 5 heteroatoms. The summed E-state index contributed by atoms with van der Waals surface area (Å²) < 4.78 is 5.19. The number of hydrogen-bond acceptors (Lipinski definition) is 4. The summed E-state index contributed by atoms with van der Waals surface area (Å²) in [5.41, 5.74) is 0.548. The van der Waals surface area contributed by atoms with Gasteiger partial charge in [0.2, 0.25) is 5.88 Å². The summed E-state index contributed by atoms with van der Waals surface area (Å²) in [4.78, 5) is 18.6. The Morgan fingerprint density at radius 3 is 3.05 bits per heavy atom.